The van der Waals surface area contributed by atoms with Gasteiger partial charge in [0, 0.05) is 39.3 Å². The first-order valence-corrected chi connectivity index (χ1v) is 3.92. The van der Waals surface area contributed by atoms with Crippen molar-refractivity contribution in [2.24, 2.45) is 5.92 Å². The average Bonchev–Trinajstić information content (AvgIpc) is 1.85. The van der Waals surface area contributed by atoms with Crippen molar-refractivity contribution in [3.8, 4) is 0 Å². The first-order chi connectivity index (χ1) is 5.49. The fraction of sp³-hybridized carbons (Fsp3) is 0.875. The summed E-state index contributed by atoms with van der Waals surface area (Å²) in [4.78, 5) is 1.66. The smallest absolute Gasteiger partial charge is 0.145 e. The first kappa shape index (κ1) is 16.3. The molecule has 2 nitrogen and oxygen atoms in total. The molecule has 1 radical (unpaired) electrons. The summed E-state index contributed by atoms with van der Waals surface area (Å²) < 4.78 is 25.2. The molecule has 77 valence electrons. The Bertz CT molecular complexity index is 121. The van der Waals surface area contributed by atoms with Crippen LogP contribution in [0.4, 0.5) is 8.78 Å². The van der Waals surface area contributed by atoms with E-state index in [1.54, 1.807) is 11.9 Å². The van der Waals surface area contributed by atoms with Gasteiger partial charge in [0.1, 0.15) is 5.92 Å². The maximum Gasteiger partial charge on any atom is 0.145 e. The van der Waals surface area contributed by atoms with Crippen LogP contribution in [0.15, 0.2) is 0 Å². The summed E-state index contributed by atoms with van der Waals surface area (Å²) in [6, 6.07) is 0. The van der Waals surface area contributed by atoms with Crippen molar-refractivity contribution in [1.82, 2.24) is 4.90 Å². The normalized spacial score (nSPS) is 26.8. The maximum absolute atomic E-state index is 12.6. The number of hydrogen-bond donors (Lipinski definition) is 0. The summed E-state index contributed by atoms with van der Waals surface area (Å²) in [5.41, 5.74) is 5.75. The zero-order chi connectivity index (χ0) is 9.78. The standard InChI is InChI=1S/C7H12F2N.CH4N.Y/c1-6-3-7(8,9)5-10(2)4-6;1-2;/h3,6H,4-5H2,1-2H3;2H,1H3;/q2*-1;. The molecule has 1 unspecified atom stereocenters. The van der Waals surface area contributed by atoms with Gasteiger partial charge in [0.05, 0.1) is 0 Å². The third kappa shape index (κ3) is 6.89. The van der Waals surface area contributed by atoms with Crippen molar-refractivity contribution in [2.45, 2.75) is 12.8 Å². The van der Waals surface area contributed by atoms with E-state index in [0.717, 1.165) is 13.0 Å². The molecule has 0 aromatic heterocycles. The summed E-state index contributed by atoms with van der Waals surface area (Å²) in [7, 11) is 2.97. The Balaban J connectivity index is 0. The van der Waals surface area contributed by atoms with Crippen LogP contribution >= 0.6 is 0 Å². The Morgan fingerprint density at radius 2 is 1.92 bits per heavy atom. The van der Waals surface area contributed by atoms with Crippen LogP contribution in [-0.2, 0) is 32.7 Å². The van der Waals surface area contributed by atoms with Gasteiger partial charge in [-0.2, -0.15) is 13.0 Å². The number of piperidine rings is 1. The van der Waals surface area contributed by atoms with E-state index < -0.39 is 5.92 Å². The molecular weight excluding hydrogens is 251 g/mol. The largest absolute Gasteiger partial charge is 0.680 e. The van der Waals surface area contributed by atoms with Crippen LogP contribution in [0.25, 0.3) is 5.73 Å². The molecule has 1 rings (SSSR count). The summed E-state index contributed by atoms with van der Waals surface area (Å²) in [6.45, 7) is 2.43. The van der Waals surface area contributed by atoms with E-state index in [0.29, 0.717) is 0 Å². The Hall–Kier alpha value is 0.884. The maximum atomic E-state index is 12.6. The van der Waals surface area contributed by atoms with Crippen LogP contribution < -0.4 is 0 Å². The van der Waals surface area contributed by atoms with E-state index in [9.17, 15) is 8.78 Å². The monoisotopic (exact) mass is 267 g/mol. The molecule has 5 heteroatoms. The summed E-state index contributed by atoms with van der Waals surface area (Å²) >= 11 is 0. The Labute approximate surface area is 104 Å². The van der Waals surface area contributed by atoms with Crippen LogP contribution in [-0.4, -0.2) is 38.0 Å². The minimum atomic E-state index is -2.58. The SMILES string of the molecule is CC1[CH-]C(F)(F)CN(C)C1.C[NH-].[Y]. The van der Waals surface area contributed by atoms with Gasteiger partial charge in [-0.25, -0.2) is 8.78 Å². The van der Waals surface area contributed by atoms with Gasteiger partial charge < -0.3 is 10.6 Å². The van der Waals surface area contributed by atoms with Gasteiger partial charge in [-0.3, -0.25) is 6.42 Å². The fourth-order valence-corrected chi connectivity index (χ4v) is 1.44. The Morgan fingerprint density at radius 3 is 2.23 bits per heavy atom. The molecule has 0 aromatic rings. The molecule has 0 bridgehead atoms. The number of halogens is 2. The van der Waals surface area contributed by atoms with Gasteiger partial charge in [-0.15, -0.1) is 0 Å². The zero-order valence-electron chi connectivity index (χ0n) is 8.35. The molecule has 1 N–H and O–H groups in total. The van der Waals surface area contributed by atoms with Crippen molar-refractivity contribution in [2.75, 3.05) is 27.2 Å². The number of nitrogens with zero attached hydrogens (tertiary/aromatic N) is 1. The van der Waals surface area contributed by atoms with Crippen LogP contribution in [0.1, 0.15) is 6.92 Å². The van der Waals surface area contributed by atoms with Crippen molar-refractivity contribution >= 4 is 0 Å². The van der Waals surface area contributed by atoms with Crippen molar-refractivity contribution in [1.29, 1.82) is 0 Å². The number of rotatable bonds is 0. The Kier molecular flexibility index (Phi) is 9.05. The molecule has 0 spiro atoms. The van der Waals surface area contributed by atoms with E-state index in [1.165, 1.54) is 7.05 Å². The molecule has 13 heavy (non-hydrogen) atoms. The van der Waals surface area contributed by atoms with E-state index in [4.69, 9.17) is 5.73 Å². The quantitative estimate of drug-likeness (QED) is 0.617. The van der Waals surface area contributed by atoms with Crippen LogP contribution in [0.2, 0.25) is 0 Å². The summed E-state index contributed by atoms with van der Waals surface area (Å²) in [6.07, 6.45) is 1.13. The van der Waals surface area contributed by atoms with Gasteiger partial charge in [0.25, 0.3) is 0 Å². The predicted molar refractivity (Wildman–Crippen MR) is 46.2 cm³/mol. The third-order valence-corrected chi connectivity index (χ3v) is 1.61. The Morgan fingerprint density at radius 1 is 1.46 bits per heavy atom. The number of hydrogen-bond acceptors (Lipinski definition) is 1. The second-order valence-electron chi connectivity index (χ2n) is 3.10. The molecule has 1 saturated heterocycles. The van der Waals surface area contributed by atoms with Crippen LogP contribution in [0.5, 0.6) is 0 Å². The molecule has 1 fully saturated rings. The summed E-state index contributed by atoms with van der Waals surface area (Å²) in [5.74, 6) is -2.57. The van der Waals surface area contributed by atoms with Crippen molar-refractivity contribution < 1.29 is 41.5 Å². The van der Waals surface area contributed by atoms with Gasteiger partial charge >= 0.3 is 0 Å². The minimum Gasteiger partial charge on any atom is -0.680 e. The second-order valence-corrected chi connectivity index (χ2v) is 3.10. The molecular formula is C8H16F2N2Y-2. The summed E-state index contributed by atoms with van der Waals surface area (Å²) in [5, 5.41) is 0. The van der Waals surface area contributed by atoms with Crippen molar-refractivity contribution in [3.63, 3.8) is 0 Å². The van der Waals surface area contributed by atoms with E-state index in [-0.39, 0.29) is 45.2 Å². The third-order valence-electron chi connectivity index (χ3n) is 1.61. The minimum absolute atomic E-state index is 0. The van der Waals surface area contributed by atoms with E-state index in [1.807, 2.05) is 6.92 Å². The average molecular weight is 267 g/mol. The number of nitrogens with one attached hydrogen (secondary N) is 1. The van der Waals surface area contributed by atoms with Crippen molar-refractivity contribution in [3.05, 3.63) is 12.2 Å². The van der Waals surface area contributed by atoms with Crippen LogP contribution in [0.3, 0.4) is 0 Å². The van der Waals surface area contributed by atoms with Gasteiger partial charge in [-0.1, -0.05) is 6.92 Å². The fourth-order valence-electron chi connectivity index (χ4n) is 1.44. The van der Waals surface area contributed by atoms with Gasteiger partial charge in [-0.05, 0) is 13.6 Å². The molecule has 0 aliphatic carbocycles. The second kappa shape index (κ2) is 7.21. The molecule has 1 aliphatic rings. The van der Waals surface area contributed by atoms with E-state index in [2.05, 4.69) is 0 Å². The molecule has 0 aromatic carbocycles. The molecule has 1 atom stereocenters. The van der Waals surface area contributed by atoms with E-state index >= 15 is 0 Å². The topological polar surface area (TPSA) is 27.0 Å². The number of alkyl halides is 2. The van der Waals surface area contributed by atoms with Crippen LogP contribution in [0, 0.1) is 12.3 Å². The zero-order valence-corrected chi connectivity index (χ0v) is 11.2. The van der Waals surface area contributed by atoms with Gasteiger partial charge in [0.2, 0.25) is 0 Å². The molecule has 1 aliphatic heterocycles. The molecule has 1 heterocycles. The first-order valence-electron chi connectivity index (χ1n) is 3.92. The number of likely N-dealkylation sites (tertiary alicyclic amines) is 1. The molecule has 0 saturated carbocycles. The van der Waals surface area contributed by atoms with Gasteiger partial charge in [0.15, 0.2) is 0 Å². The predicted octanol–water partition coefficient (Wildman–Crippen LogP) is 2.07. The molecule has 0 amide bonds.